The molecule has 0 aromatic heterocycles. The summed E-state index contributed by atoms with van der Waals surface area (Å²) < 4.78 is 0. The molecule has 1 N–H and O–H groups in total. The Kier molecular flexibility index (Phi) is 5.21. The molecule has 0 fully saturated rings. The van der Waals surface area contributed by atoms with E-state index in [1.165, 1.54) is 0 Å². The summed E-state index contributed by atoms with van der Waals surface area (Å²) in [6, 6.07) is 8.51. The Labute approximate surface area is 102 Å². The molecular formula is C13H18N2S. The molecule has 0 saturated heterocycles. The van der Waals surface area contributed by atoms with Crippen molar-refractivity contribution in [3.05, 3.63) is 29.3 Å². The lowest BCUT2D eigenvalue weighted by Gasteiger charge is -2.15. The summed E-state index contributed by atoms with van der Waals surface area (Å²) in [4.78, 5) is 0. The normalized spacial score (nSPS) is 11.9. The van der Waals surface area contributed by atoms with E-state index in [0.717, 1.165) is 28.3 Å². The van der Waals surface area contributed by atoms with Crippen molar-refractivity contribution in [3.8, 4) is 6.07 Å². The van der Waals surface area contributed by atoms with Gasteiger partial charge in [-0.2, -0.15) is 17.0 Å². The Morgan fingerprint density at radius 1 is 1.50 bits per heavy atom. The Bertz CT molecular complexity index is 382. The molecule has 0 bridgehead atoms. The van der Waals surface area contributed by atoms with Crippen molar-refractivity contribution >= 4 is 17.4 Å². The van der Waals surface area contributed by atoms with E-state index in [1.807, 2.05) is 36.9 Å². The monoisotopic (exact) mass is 234 g/mol. The summed E-state index contributed by atoms with van der Waals surface area (Å²) in [6.07, 6.45) is 0. The minimum atomic E-state index is 0.456. The molecule has 2 nitrogen and oxygen atoms in total. The molecule has 16 heavy (non-hydrogen) atoms. The van der Waals surface area contributed by atoms with E-state index in [2.05, 4.69) is 25.2 Å². The molecule has 0 aliphatic carbocycles. The predicted molar refractivity (Wildman–Crippen MR) is 72.0 cm³/mol. The molecule has 3 heteroatoms. The van der Waals surface area contributed by atoms with Crippen LogP contribution in [0.1, 0.15) is 25.0 Å². The highest BCUT2D eigenvalue weighted by Gasteiger charge is 2.03. The molecule has 0 aliphatic rings. The zero-order valence-electron chi connectivity index (χ0n) is 10.1. The van der Waals surface area contributed by atoms with Crippen LogP contribution in [0.25, 0.3) is 0 Å². The Morgan fingerprint density at radius 2 is 2.25 bits per heavy atom. The van der Waals surface area contributed by atoms with Gasteiger partial charge in [-0.15, -0.1) is 0 Å². The first-order chi connectivity index (χ1) is 7.67. The largest absolute Gasteiger partial charge is 0.382 e. The molecule has 0 spiro atoms. The zero-order chi connectivity index (χ0) is 12.0. The van der Waals surface area contributed by atoms with Gasteiger partial charge in [0.1, 0.15) is 0 Å². The van der Waals surface area contributed by atoms with Gasteiger partial charge in [-0.3, -0.25) is 0 Å². The number of thioether (sulfide) groups is 1. The maximum absolute atomic E-state index is 8.83. The van der Waals surface area contributed by atoms with E-state index in [-0.39, 0.29) is 0 Å². The van der Waals surface area contributed by atoms with Crippen molar-refractivity contribution in [2.24, 2.45) is 0 Å². The average molecular weight is 234 g/mol. The van der Waals surface area contributed by atoms with Crippen molar-refractivity contribution in [2.45, 2.75) is 26.8 Å². The van der Waals surface area contributed by atoms with E-state index in [1.54, 1.807) is 0 Å². The summed E-state index contributed by atoms with van der Waals surface area (Å²) in [5.41, 5.74) is 2.88. The van der Waals surface area contributed by atoms with Crippen LogP contribution in [0.5, 0.6) is 0 Å². The van der Waals surface area contributed by atoms with Crippen LogP contribution in [-0.2, 0) is 0 Å². The van der Waals surface area contributed by atoms with Crippen molar-refractivity contribution < 1.29 is 0 Å². The number of aryl methyl sites for hydroxylation is 1. The van der Waals surface area contributed by atoms with Gasteiger partial charge < -0.3 is 5.32 Å². The van der Waals surface area contributed by atoms with E-state index >= 15 is 0 Å². The number of nitrogens with one attached hydrogen (secondary N) is 1. The quantitative estimate of drug-likeness (QED) is 0.848. The van der Waals surface area contributed by atoms with E-state index in [9.17, 15) is 0 Å². The topological polar surface area (TPSA) is 35.8 Å². The fourth-order valence-corrected chi connectivity index (χ4v) is 2.17. The average Bonchev–Trinajstić information content (AvgIpc) is 2.26. The number of hydrogen-bond donors (Lipinski definition) is 1. The van der Waals surface area contributed by atoms with Crippen LogP contribution in [0.4, 0.5) is 5.69 Å². The molecule has 1 aromatic rings. The lowest BCUT2D eigenvalue weighted by molar-refractivity contribution is 0.913. The van der Waals surface area contributed by atoms with Gasteiger partial charge in [-0.05, 0) is 43.4 Å². The second-order valence-corrected chi connectivity index (χ2v) is 5.17. The third kappa shape index (κ3) is 3.79. The third-order valence-electron chi connectivity index (χ3n) is 2.33. The van der Waals surface area contributed by atoms with Crippen molar-refractivity contribution in [3.63, 3.8) is 0 Å². The zero-order valence-corrected chi connectivity index (χ0v) is 10.9. The minimum absolute atomic E-state index is 0.456. The number of hydrogen-bond acceptors (Lipinski definition) is 3. The molecule has 86 valence electrons. The molecule has 0 radical (unpaired) electrons. The number of nitriles is 1. The molecule has 0 saturated carbocycles. The standard InChI is InChI=1S/C13H18N2S/c1-4-16-9-11(3)15-13-6-5-12(8-14)10(2)7-13/h5-7,11,15H,4,9H2,1-3H3. The summed E-state index contributed by atoms with van der Waals surface area (Å²) in [6.45, 7) is 6.31. The second kappa shape index (κ2) is 6.44. The molecular weight excluding hydrogens is 216 g/mol. The molecule has 0 amide bonds. The maximum atomic E-state index is 8.83. The predicted octanol–water partition coefficient (Wildman–Crippen LogP) is 3.42. The lowest BCUT2D eigenvalue weighted by Crippen LogP contribution is -2.18. The fraction of sp³-hybridized carbons (Fsp3) is 0.462. The molecule has 1 atom stereocenters. The van der Waals surface area contributed by atoms with Crippen molar-refractivity contribution in [1.82, 2.24) is 0 Å². The highest BCUT2D eigenvalue weighted by molar-refractivity contribution is 7.99. The summed E-state index contributed by atoms with van der Waals surface area (Å²) in [5.74, 6) is 2.26. The summed E-state index contributed by atoms with van der Waals surface area (Å²) in [5, 5.41) is 12.3. The lowest BCUT2D eigenvalue weighted by atomic mass is 10.1. The third-order valence-corrected chi connectivity index (χ3v) is 3.48. The van der Waals surface area contributed by atoms with E-state index < -0.39 is 0 Å². The number of benzene rings is 1. The first-order valence-corrected chi connectivity index (χ1v) is 6.68. The van der Waals surface area contributed by atoms with Crippen LogP contribution in [0.3, 0.4) is 0 Å². The number of anilines is 1. The maximum Gasteiger partial charge on any atom is 0.0994 e. The summed E-state index contributed by atoms with van der Waals surface area (Å²) in [7, 11) is 0. The highest BCUT2D eigenvalue weighted by Crippen LogP contribution is 2.16. The smallest absolute Gasteiger partial charge is 0.0994 e. The summed E-state index contributed by atoms with van der Waals surface area (Å²) >= 11 is 1.93. The second-order valence-electron chi connectivity index (χ2n) is 3.85. The molecule has 1 rings (SSSR count). The van der Waals surface area contributed by atoms with Gasteiger partial charge in [-0.1, -0.05) is 6.92 Å². The Balaban J connectivity index is 2.61. The van der Waals surface area contributed by atoms with Gasteiger partial charge in [0.25, 0.3) is 0 Å². The van der Waals surface area contributed by atoms with Crippen LogP contribution in [-0.4, -0.2) is 17.5 Å². The molecule has 0 aliphatic heterocycles. The van der Waals surface area contributed by atoms with Gasteiger partial charge in [0, 0.05) is 17.5 Å². The van der Waals surface area contributed by atoms with Gasteiger partial charge >= 0.3 is 0 Å². The number of nitrogens with zero attached hydrogens (tertiary/aromatic N) is 1. The van der Waals surface area contributed by atoms with Crippen molar-refractivity contribution in [2.75, 3.05) is 16.8 Å². The minimum Gasteiger partial charge on any atom is -0.382 e. The SMILES string of the molecule is CCSCC(C)Nc1ccc(C#N)c(C)c1. The van der Waals surface area contributed by atoms with Crippen LogP contribution in [0, 0.1) is 18.3 Å². The van der Waals surface area contributed by atoms with Gasteiger partial charge in [0.15, 0.2) is 0 Å². The molecule has 1 aromatic carbocycles. The van der Waals surface area contributed by atoms with E-state index in [0.29, 0.717) is 6.04 Å². The van der Waals surface area contributed by atoms with Crippen LogP contribution >= 0.6 is 11.8 Å². The molecule has 0 heterocycles. The first-order valence-electron chi connectivity index (χ1n) is 5.52. The van der Waals surface area contributed by atoms with Gasteiger partial charge in [0.2, 0.25) is 0 Å². The number of rotatable bonds is 5. The van der Waals surface area contributed by atoms with Crippen LogP contribution in [0.2, 0.25) is 0 Å². The Hall–Kier alpha value is -1.14. The highest BCUT2D eigenvalue weighted by atomic mass is 32.2. The fourth-order valence-electron chi connectivity index (χ4n) is 1.50. The van der Waals surface area contributed by atoms with Crippen molar-refractivity contribution in [1.29, 1.82) is 5.26 Å². The van der Waals surface area contributed by atoms with Crippen LogP contribution < -0.4 is 5.32 Å². The molecule has 1 unspecified atom stereocenters. The van der Waals surface area contributed by atoms with Gasteiger partial charge in [0.05, 0.1) is 11.6 Å². The van der Waals surface area contributed by atoms with Crippen LogP contribution in [0.15, 0.2) is 18.2 Å². The Morgan fingerprint density at radius 3 is 2.81 bits per heavy atom. The first kappa shape index (κ1) is 12.9. The van der Waals surface area contributed by atoms with Gasteiger partial charge in [-0.25, -0.2) is 0 Å². The van der Waals surface area contributed by atoms with E-state index in [4.69, 9.17) is 5.26 Å².